The fourth-order valence-electron chi connectivity index (χ4n) is 3.78. The van der Waals surface area contributed by atoms with Crippen LogP contribution in [-0.2, 0) is 6.54 Å². The molecule has 3 heteroatoms. The molecular formula is C24H27N3. The van der Waals surface area contributed by atoms with Crippen molar-refractivity contribution in [1.29, 1.82) is 0 Å². The summed E-state index contributed by atoms with van der Waals surface area (Å²) in [5.41, 5.74) is 5.36. The third-order valence-corrected chi connectivity index (χ3v) is 5.42. The Morgan fingerprint density at radius 1 is 0.889 bits per heavy atom. The molecule has 27 heavy (non-hydrogen) atoms. The first kappa shape index (κ1) is 17.7. The molecule has 1 fully saturated rings. The number of benzene rings is 3. The standard InChI is InChI=1S/C24H27N3/c1-19-10-11-23(20(2)16-19)18-26-12-14-27(15-13-26)25-17-22-8-5-7-21-6-3-4-9-24(21)22/h3-11,16-17H,12-15,18H2,1-2H3/b25-17-. The van der Waals surface area contributed by atoms with Crippen LogP contribution in [0.1, 0.15) is 22.3 Å². The molecule has 138 valence electrons. The van der Waals surface area contributed by atoms with Crippen molar-refractivity contribution in [2.24, 2.45) is 5.10 Å². The van der Waals surface area contributed by atoms with Gasteiger partial charge in [0.15, 0.2) is 0 Å². The molecule has 0 radical (unpaired) electrons. The van der Waals surface area contributed by atoms with Crippen LogP contribution in [0, 0.1) is 13.8 Å². The SMILES string of the molecule is Cc1ccc(CN2CCN(/N=C\c3cccc4ccccc34)CC2)c(C)c1. The molecule has 0 spiro atoms. The van der Waals surface area contributed by atoms with Gasteiger partial charge in [0.1, 0.15) is 0 Å². The van der Waals surface area contributed by atoms with Crippen LogP contribution in [0.2, 0.25) is 0 Å². The molecule has 1 aliphatic rings. The zero-order valence-corrected chi connectivity index (χ0v) is 16.2. The Bertz CT molecular complexity index is 948. The van der Waals surface area contributed by atoms with E-state index in [9.17, 15) is 0 Å². The number of fused-ring (bicyclic) bond motifs is 1. The van der Waals surface area contributed by atoms with Crippen LogP contribution in [-0.4, -0.2) is 42.3 Å². The molecule has 0 unspecified atom stereocenters. The van der Waals surface area contributed by atoms with E-state index in [1.807, 2.05) is 6.21 Å². The molecule has 0 amide bonds. The first-order valence-electron chi connectivity index (χ1n) is 9.74. The molecule has 3 nitrogen and oxygen atoms in total. The summed E-state index contributed by atoms with van der Waals surface area (Å²) in [6, 6.07) is 21.6. The highest BCUT2D eigenvalue weighted by Gasteiger charge is 2.16. The first-order chi connectivity index (χ1) is 13.2. The minimum absolute atomic E-state index is 0.978. The predicted molar refractivity (Wildman–Crippen MR) is 114 cm³/mol. The maximum Gasteiger partial charge on any atom is 0.0549 e. The summed E-state index contributed by atoms with van der Waals surface area (Å²) >= 11 is 0. The van der Waals surface area contributed by atoms with E-state index in [0.29, 0.717) is 0 Å². The molecule has 1 aliphatic heterocycles. The molecule has 0 atom stereocenters. The molecule has 0 aromatic heterocycles. The summed E-state index contributed by atoms with van der Waals surface area (Å²) < 4.78 is 0. The number of hydrazone groups is 1. The van der Waals surface area contributed by atoms with Gasteiger partial charge in [0.25, 0.3) is 0 Å². The number of rotatable bonds is 4. The zero-order chi connectivity index (χ0) is 18.6. The van der Waals surface area contributed by atoms with Gasteiger partial charge in [-0.2, -0.15) is 5.10 Å². The van der Waals surface area contributed by atoms with E-state index in [1.165, 1.54) is 33.0 Å². The molecule has 0 aliphatic carbocycles. The van der Waals surface area contributed by atoms with Crippen LogP contribution in [0.3, 0.4) is 0 Å². The molecule has 0 saturated carbocycles. The number of piperazine rings is 1. The van der Waals surface area contributed by atoms with Crippen molar-refractivity contribution in [3.05, 3.63) is 82.9 Å². The highest BCUT2D eigenvalue weighted by molar-refractivity contribution is 5.99. The second-order valence-electron chi connectivity index (χ2n) is 7.47. The van der Waals surface area contributed by atoms with E-state index < -0.39 is 0 Å². The van der Waals surface area contributed by atoms with Gasteiger partial charge in [0.05, 0.1) is 6.21 Å². The van der Waals surface area contributed by atoms with E-state index >= 15 is 0 Å². The van der Waals surface area contributed by atoms with Crippen molar-refractivity contribution in [2.75, 3.05) is 26.2 Å². The van der Waals surface area contributed by atoms with E-state index in [0.717, 1.165) is 32.7 Å². The summed E-state index contributed by atoms with van der Waals surface area (Å²) in [5.74, 6) is 0. The number of nitrogens with zero attached hydrogens (tertiary/aromatic N) is 3. The van der Waals surface area contributed by atoms with Crippen molar-refractivity contribution >= 4 is 17.0 Å². The second kappa shape index (κ2) is 7.93. The smallest absolute Gasteiger partial charge is 0.0549 e. The van der Waals surface area contributed by atoms with Crippen molar-refractivity contribution in [3.8, 4) is 0 Å². The summed E-state index contributed by atoms with van der Waals surface area (Å²) in [5, 5.41) is 9.48. The average Bonchev–Trinajstić information content (AvgIpc) is 2.69. The monoisotopic (exact) mass is 357 g/mol. The van der Waals surface area contributed by atoms with Crippen molar-refractivity contribution in [3.63, 3.8) is 0 Å². The van der Waals surface area contributed by atoms with Gasteiger partial charge >= 0.3 is 0 Å². The van der Waals surface area contributed by atoms with E-state index in [4.69, 9.17) is 5.10 Å². The molecule has 0 bridgehead atoms. The Labute approximate surface area is 161 Å². The van der Waals surface area contributed by atoms with Crippen LogP contribution in [0.5, 0.6) is 0 Å². The van der Waals surface area contributed by atoms with Crippen LogP contribution in [0.25, 0.3) is 10.8 Å². The maximum absolute atomic E-state index is 4.76. The molecule has 3 aromatic carbocycles. The Balaban J connectivity index is 1.37. The number of hydrogen-bond donors (Lipinski definition) is 0. The van der Waals surface area contributed by atoms with Gasteiger partial charge in [0, 0.05) is 38.3 Å². The van der Waals surface area contributed by atoms with Gasteiger partial charge in [-0.1, -0.05) is 66.2 Å². The molecule has 0 N–H and O–H groups in total. The van der Waals surface area contributed by atoms with Crippen LogP contribution in [0.4, 0.5) is 0 Å². The Hall–Kier alpha value is -2.65. The number of hydrogen-bond acceptors (Lipinski definition) is 3. The lowest BCUT2D eigenvalue weighted by Gasteiger charge is -2.33. The van der Waals surface area contributed by atoms with Crippen molar-refractivity contribution in [1.82, 2.24) is 9.91 Å². The Kier molecular flexibility index (Phi) is 5.21. The van der Waals surface area contributed by atoms with E-state index in [1.54, 1.807) is 0 Å². The van der Waals surface area contributed by atoms with E-state index in [2.05, 4.69) is 84.4 Å². The summed E-state index contributed by atoms with van der Waals surface area (Å²) in [7, 11) is 0. The Morgan fingerprint density at radius 3 is 2.48 bits per heavy atom. The topological polar surface area (TPSA) is 18.8 Å². The lowest BCUT2D eigenvalue weighted by Crippen LogP contribution is -2.43. The quantitative estimate of drug-likeness (QED) is 0.635. The summed E-state index contributed by atoms with van der Waals surface area (Å²) in [6.45, 7) is 9.47. The molecule has 1 saturated heterocycles. The van der Waals surface area contributed by atoms with Gasteiger partial charge in [0.2, 0.25) is 0 Å². The minimum atomic E-state index is 0.978. The minimum Gasteiger partial charge on any atom is -0.295 e. The van der Waals surface area contributed by atoms with E-state index in [-0.39, 0.29) is 0 Å². The lowest BCUT2D eigenvalue weighted by molar-refractivity contribution is 0.131. The van der Waals surface area contributed by atoms with Gasteiger partial charge in [-0.05, 0) is 35.7 Å². The lowest BCUT2D eigenvalue weighted by atomic mass is 10.1. The summed E-state index contributed by atoms with van der Waals surface area (Å²) in [4.78, 5) is 2.53. The zero-order valence-electron chi connectivity index (χ0n) is 16.2. The van der Waals surface area contributed by atoms with Crippen molar-refractivity contribution < 1.29 is 0 Å². The Morgan fingerprint density at radius 2 is 1.67 bits per heavy atom. The molecule has 1 heterocycles. The molecule has 4 rings (SSSR count). The van der Waals surface area contributed by atoms with Crippen LogP contribution in [0.15, 0.2) is 65.8 Å². The average molecular weight is 358 g/mol. The third-order valence-electron chi connectivity index (χ3n) is 5.42. The van der Waals surface area contributed by atoms with Crippen LogP contribution >= 0.6 is 0 Å². The molecular weight excluding hydrogens is 330 g/mol. The highest BCUT2D eigenvalue weighted by atomic mass is 15.5. The fourth-order valence-corrected chi connectivity index (χ4v) is 3.78. The predicted octanol–water partition coefficient (Wildman–Crippen LogP) is 4.61. The third kappa shape index (κ3) is 4.20. The molecule has 3 aromatic rings. The normalized spacial score (nSPS) is 15.7. The second-order valence-corrected chi connectivity index (χ2v) is 7.47. The van der Waals surface area contributed by atoms with Gasteiger partial charge < -0.3 is 0 Å². The highest BCUT2D eigenvalue weighted by Crippen LogP contribution is 2.18. The summed E-state index contributed by atoms with van der Waals surface area (Å²) in [6.07, 6.45) is 2.02. The van der Waals surface area contributed by atoms with Crippen molar-refractivity contribution in [2.45, 2.75) is 20.4 Å². The number of aryl methyl sites for hydroxylation is 2. The van der Waals surface area contributed by atoms with Gasteiger partial charge in [-0.25, -0.2) is 0 Å². The van der Waals surface area contributed by atoms with Crippen LogP contribution < -0.4 is 0 Å². The maximum atomic E-state index is 4.76. The largest absolute Gasteiger partial charge is 0.295 e. The van der Waals surface area contributed by atoms with Gasteiger partial charge in [-0.15, -0.1) is 0 Å². The van der Waals surface area contributed by atoms with Gasteiger partial charge in [-0.3, -0.25) is 9.91 Å². The first-order valence-corrected chi connectivity index (χ1v) is 9.74. The fraction of sp³-hybridized carbons (Fsp3) is 0.292.